The molecule has 0 fully saturated rings. The Kier molecular flexibility index (Phi) is 4.51. The van der Waals surface area contributed by atoms with E-state index in [1.54, 1.807) is 6.07 Å². The lowest BCUT2D eigenvalue weighted by molar-refractivity contribution is 0.469. The minimum Gasteiger partial charge on any atom is -0.508 e. The number of phenols is 1. The van der Waals surface area contributed by atoms with Crippen LogP contribution < -0.4 is 5.73 Å². The molecule has 2 nitrogen and oxygen atoms in total. The van der Waals surface area contributed by atoms with Crippen LogP contribution in [0.1, 0.15) is 31.4 Å². The lowest BCUT2D eigenvalue weighted by Gasteiger charge is -2.42. The van der Waals surface area contributed by atoms with Crippen molar-refractivity contribution >= 4 is 23.5 Å². The summed E-state index contributed by atoms with van der Waals surface area (Å²) in [7, 11) is 0. The molecule has 0 aliphatic heterocycles. The van der Waals surface area contributed by atoms with Crippen LogP contribution in [-0.4, -0.2) is 22.7 Å². The smallest absolute Gasteiger partial charge is 0.115 e. The van der Waals surface area contributed by atoms with Crippen molar-refractivity contribution in [2.75, 3.05) is 11.5 Å². The molecule has 0 spiro atoms. The summed E-state index contributed by atoms with van der Waals surface area (Å²) >= 11 is 3.82. The molecule has 3 N–H and O–H groups in total. The van der Waals surface area contributed by atoms with Crippen molar-refractivity contribution in [1.29, 1.82) is 0 Å². The van der Waals surface area contributed by atoms with Crippen LogP contribution in [0.3, 0.4) is 0 Å². The van der Waals surface area contributed by atoms with Crippen LogP contribution >= 0.6 is 23.5 Å². The van der Waals surface area contributed by atoms with Gasteiger partial charge >= 0.3 is 0 Å². The van der Waals surface area contributed by atoms with E-state index >= 15 is 0 Å². The first-order valence-corrected chi connectivity index (χ1v) is 8.47. The van der Waals surface area contributed by atoms with Crippen molar-refractivity contribution in [1.82, 2.24) is 0 Å². The predicted molar refractivity (Wildman–Crippen MR) is 82.3 cm³/mol. The highest BCUT2D eigenvalue weighted by molar-refractivity contribution is 8.17. The van der Waals surface area contributed by atoms with Gasteiger partial charge in [0.1, 0.15) is 9.83 Å². The molecule has 1 aliphatic rings. The van der Waals surface area contributed by atoms with Gasteiger partial charge in [0.15, 0.2) is 0 Å². The van der Waals surface area contributed by atoms with Crippen molar-refractivity contribution in [3.63, 3.8) is 0 Å². The average molecular weight is 283 g/mol. The van der Waals surface area contributed by atoms with E-state index in [9.17, 15) is 5.11 Å². The zero-order valence-electron chi connectivity index (χ0n) is 11.0. The maximum atomic E-state index is 9.78. The number of hydrogen-bond acceptors (Lipinski definition) is 4. The molecule has 1 aromatic rings. The standard InChI is InChI=1S/C14H21NOS2/c1-3-17-14(18-4-2)12-9-11(16)7-5-10(12)6-8-13(14)15/h5,7,9,13,16H,3-4,6,8,15H2,1-2H3. The summed E-state index contributed by atoms with van der Waals surface area (Å²) in [5.74, 6) is 2.42. The van der Waals surface area contributed by atoms with Gasteiger partial charge in [-0.05, 0) is 47.6 Å². The van der Waals surface area contributed by atoms with Crippen molar-refractivity contribution in [3.8, 4) is 5.75 Å². The number of rotatable bonds is 4. The summed E-state index contributed by atoms with van der Waals surface area (Å²) in [5.41, 5.74) is 9.01. The first-order valence-electron chi connectivity index (χ1n) is 6.50. The van der Waals surface area contributed by atoms with Gasteiger partial charge in [-0.1, -0.05) is 19.9 Å². The van der Waals surface area contributed by atoms with Gasteiger partial charge in [-0.15, -0.1) is 23.5 Å². The highest BCUT2D eigenvalue weighted by atomic mass is 32.2. The molecule has 18 heavy (non-hydrogen) atoms. The average Bonchev–Trinajstić information content (AvgIpc) is 2.35. The number of nitrogens with two attached hydrogens (primary N) is 1. The molecular weight excluding hydrogens is 262 g/mol. The molecule has 4 heteroatoms. The Morgan fingerprint density at radius 2 is 2.00 bits per heavy atom. The van der Waals surface area contributed by atoms with Gasteiger partial charge < -0.3 is 10.8 Å². The van der Waals surface area contributed by atoms with Crippen molar-refractivity contribution < 1.29 is 5.11 Å². The molecule has 0 bridgehead atoms. The first kappa shape index (κ1) is 14.1. The van der Waals surface area contributed by atoms with Gasteiger partial charge in [0, 0.05) is 6.04 Å². The number of aryl methyl sites for hydroxylation is 1. The van der Waals surface area contributed by atoms with E-state index < -0.39 is 0 Å². The summed E-state index contributed by atoms with van der Waals surface area (Å²) in [5, 5.41) is 9.78. The minimum absolute atomic E-state index is 0.0875. The van der Waals surface area contributed by atoms with Gasteiger partial charge in [-0.25, -0.2) is 0 Å². The number of benzene rings is 1. The van der Waals surface area contributed by atoms with E-state index in [4.69, 9.17) is 5.73 Å². The Hall–Kier alpha value is -0.320. The molecule has 0 heterocycles. The molecule has 0 radical (unpaired) electrons. The Morgan fingerprint density at radius 1 is 1.33 bits per heavy atom. The Balaban J connectivity index is 2.52. The summed E-state index contributed by atoms with van der Waals surface area (Å²) in [6.07, 6.45) is 2.05. The molecule has 0 saturated carbocycles. The highest BCUT2D eigenvalue weighted by Gasteiger charge is 2.43. The third-order valence-electron chi connectivity index (χ3n) is 3.40. The molecule has 1 atom stereocenters. The zero-order valence-corrected chi connectivity index (χ0v) is 12.6. The third kappa shape index (κ3) is 2.38. The summed E-state index contributed by atoms with van der Waals surface area (Å²) in [4.78, 5) is 0. The second kappa shape index (κ2) is 5.76. The largest absolute Gasteiger partial charge is 0.508 e. The SMILES string of the molecule is CCSC1(SCC)c2cc(O)ccc2CCC1N. The van der Waals surface area contributed by atoms with Crippen LogP contribution in [0.15, 0.2) is 18.2 Å². The Labute approximate surface area is 118 Å². The minimum atomic E-state index is -0.0875. The van der Waals surface area contributed by atoms with E-state index in [0.29, 0.717) is 5.75 Å². The van der Waals surface area contributed by atoms with Crippen LogP contribution in [0, 0.1) is 0 Å². The van der Waals surface area contributed by atoms with E-state index in [1.807, 2.05) is 29.6 Å². The lowest BCUT2D eigenvalue weighted by atomic mass is 9.87. The predicted octanol–water partition coefficient (Wildman–Crippen LogP) is 3.32. The van der Waals surface area contributed by atoms with E-state index in [1.165, 1.54) is 11.1 Å². The second-order valence-electron chi connectivity index (χ2n) is 4.52. The van der Waals surface area contributed by atoms with Crippen molar-refractivity contribution in [2.45, 2.75) is 36.8 Å². The first-order chi connectivity index (χ1) is 8.64. The third-order valence-corrected chi connectivity index (χ3v) is 6.59. The van der Waals surface area contributed by atoms with E-state index in [2.05, 4.69) is 19.9 Å². The van der Waals surface area contributed by atoms with Crippen LogP contribution in [0.5, 0.6) is 5.75 Å². The van der Waals surface area contributed by atoms with E-state index in [0.717, 1.165) is 24.3 Å². The molecular formula is C14H21NOS2. The van der Waals surface area contributed by atoms with Crippen molar-refractivity contribution in [2.24, 2.45) is 5.73 Å². The fraction of sp³-hybridized carbons (Fsp3) is 0.571. The van der Waals surface area contributed by atoms with Crippen LogP contribution in [0.25, 0.3) is 0 Å². The van der Waals surface area contributed by atoms with Crippen LogP contribution in [0.4, 0.5) is 0 Å². The Morgan fingerprint density at radius 3 is 2.61 bits per heavy atom. The monoisotopic (exact) mass is 283 g/mol. The number of thioether (sulfide) groups is 2. The molecule has 2 rings (SSSR count). The number of aromatic hydroxyl groups is 1. The van der Waals surface area contributed by atoms with E-state index in [-0.39, 0.29) is 10.1 Å². The summed E-state index contributed by atoms with van der Waals surface area (Å²) < 4.78 is -0.0875. The maximum absolute atomic E-state index is 9.78. The molecule has 0 aromatic heterocycles. The van der Waals surface area contributed by atoms with Crippen LogP contribution in [-0.2, 0) is 10.5 Å². The van der Waals surface area contributed by atoms with Crippen LogP contribution in [0.2, 0.25) is 0 Å². The molecule has 0 saturated heterocycles. The van der Waals surface area contributed by atoms with Gasteiger partial charge in [0.2, 0.25) is 0 Å². The molecule has 0 amide bonds. The van der Waals surface area contributed by atoms with Crippen molar-refractivity contribution in [3.05, 3.63) is 29.3 Å². The molecule has 1 aliphatic carbocycles. The maximum Gasteiger partial charge on any atom is 0.115 e. The summed E-state index contributed by atoms with van der Waals surface area (Å²) in [6.45, 7) is 4.35. The number of phenolic OH excluding ortho intramolecular Hbond substituents is 1. The summed E-state index contributed by atoms with van der Waals surface area (Å²) in [6, 6.07) is 5.91. The topological polar surface area (TPSA) is 46.2 Å². The molecule has 1 aromatic carbocycles. The number of fused-ring (bicyclic) bond motifs is 1. The fourth-order valence-corrected chi connectivity index (χ4v) is 5.90. The normalized spacial score (nSPS) is 21.6. The number of hydrogen-bond donors (Lipinski definition) is 2. The van der Waals surface area contributed by atoms with Gasteiger partial charge in [0.05, 0.1) is 0 Å². The van der Waals surface area contributed by atoms with Gasteiger partial charge in [-0.3, -0.25) is 0 Å². The van der Waals surface area contributed by atoms with Gasteiger partial charge in [-0.2, -0.15) is 0 Å². The zero-order chi connectivity index (χ0) is 13.2. The lowest BCUT2D eigenvalue weighted by Crippen LogP contribution is -2.44. The molecule has 100 valence electrons. The van der Waals surface area contributed by atoms with Gasteiger partial charge in [0.25, 0.3) is 0 Å². The highest BCUT2D eigenvalue weighted by Crippen LogP contribution is 2.53. The Bertz CT molecular complexity index is 416. The molecule has 1 unspecified atom stereocenters. The second-order valence-corrected chi connectivity index (χ2v) is 7.80. The fourth-order valence-electron chi connectivity index (χ4n) is 2.65. The quantitative estimate of drug-likeness (QED) is 0.832.